The fraction of sp³-hybridized carbons (Fsp3) is 0.333. The van der Waals surface area contributed by atoms with Crippen LogP contribution in [0.25, 0.3) is 0 Å². The highest BCUT2D eigenvalue weighted by molar-refractivity contribution is 9.10. The summed E-state index contributed by atoms with van der Waals surface area (Å²) in [6.07, 6.45) is -0.440. The van der Waals surface area contributed by atoms with Crippen molar-refractivity contribution in [3.8, 4) is 0 Å². The second-order valence-corrected chi connectivity index (χ2v) is 3.78. The third-order valence-corrected chi connectivity index (χ3v) is 2.45. The Balaban J connectivity index is 2.16. The van der Waals surface area contributed by atoms with Crippen molar-refractivity contribution in [2.24, 2.45) is 0 Å². The van der Waals surface area contributed by atoms with Crippen LogP contribution in [0.5, 0.6) is 0 Å². The molecule has 2 nitrogen and oxygen atoms in total. The monoisotopic (exact) mass is 228 g/mol. The normalized spacial score (nSPS) is 23.7. The van der Waals surface area contributed by atoms with Crippen molar-refractivity contribution in [1.82, 2.24) is 0 Å². The summed E-state index contributed by atoms with van der Waals surface area (Å²) in [6, 6.07) is 7.63. The van der Waals surface area contributed by atoms with Crippen molar-refractivity contribution in [2.45, 2.75) is 12.2 Å². The fourth-order valence-corrected chi connectivity index (χ4v) is 1.38. The van der Waals surface area contributed by atoms with Gasteiger partial charge < -0.3 is 9.84 Å². The predicted octanol–water partition coefficient (Wildman–Crippen LogP) is 1.88. The lowest BCUT2D eigenvalue weighted by Gasteiger charge is -2.06. The van der Waals surface area contributed by atoms with E-state index in [1.165, 1.54) is 0 Å². The SMILES string of the molecule is OC(c1ccc(Br)cc1)C1CO1. The highest BCUT2D eigenvalue weighted by Crippen LogP contribution is 2.27. The summed E-state index contributed by atoms with van der Waals surface area (Å²) in [5.74, 6) is 0. The maximum Gasteiger partial charge on any atom is 0.111 e. The van der Waals surface area contributed by atoms with Gasteiger partial charge in [-0.05, 0) is 17.7 Å². The van der Waals surface area contributed by atoms with Gasteiger partial charge in [-0.1, -0.05) is 28.1 Å². The molecule has 2 atom stereocenters. The Kier molecular flexibility index (Phi) is 2.17. The topological polar surface area (TPSA) is 32.8 Å². The smallest absolute Gasteiger partial charge is 0.111 e. The third-order valence-electron chi connectivity index (χ3n) is 1.92. The van der Waals surface area contributed by atoms with E-state index in [2.05, 4.69) is 15.9 Å². The van der Waals surface area contributed by atoms with E-state index in [1.54, 1.807) is 0 Å². The molecule has 1 aliphatic rings. The number of rotatable bonds is 2. The summed E-state index contributed by atoms with van der Waals surface area (Å²) in [4.78, 5) is 0. The van der Waals surface area contributed by atoms with Crippen LogP contribution >= 0.6 is 15.9 Å². The van der Waals surface area contributed by atoms with Crippen molar-refractivity contribution >= 4 is 15.9 Å². The first-order chi connectivity index (χ1) is 5.77. The first-order valence-electron chi connectivity index (χ1n) is 3.82. The van der Waals surface area contributed by atoms with Crippen LogP contribution < -0.4 is 0 Å². The Morgan fingerprint density at radius 2 is 2.00 bits per heavy atom. The molecule has 1 heterocycles. The number of hydrogen-bond donors (Lipinski definition) is 1. The van der Waals surface area contributed by atoms with Crippen LogP contribution in [0.4, 0.5) is 0 Å². The van der Waals surface area contributed by atoms with Crippen LogP contribution in [0.3, 0.4) is 0 Å². The van der Waals surface area contributed by atoms with Crippen LogP contribution in [0.15, 0.2) is 28.7 Å². The van der Waals surface area contributed by atoms with E-state index in [1.807, 2.05) is 24.3 Å². The maximum absolute atomic E-state index is 9.61. The van der Waals surface area contributed by atoms with Crippen LogP contribution in [0, 0.1) is 0 Å². The zero-order chi connectivity index (χ0) is 8.55. The molecule has 64 valence electrons. The van der Waals surface area contributed by atoms with Gasteiger partial charge in [-0.3, -0.25) is 0 Å². The van der Waals surface area contributed by atoms with Crippen molar-refractivity contribution in [3.05, 3.63) is 34.3 Å². The van der Waals surface area contributed by atoms with Gasteiger partial charge >= 0.3 is 0 Å². The second kappa shape index (κ2) is 3.17. The summed E-state index contributed by atoms with van der Waals surface area (Å²) >= 11 is 3.33. The van der Waals surface area contributed by atoms with E-state index in [-0.39, 0.29) is 6.10 Å². The van der Waals surface area contributed by atoms with E-state index < -0.39 is 6.10 Å². The van der Waals surface area contributed by atoms with E-state index in [9.17, 15) is 5.11 Å². The fourth-order valence-electron chi connectivity index (χ4n) is 1.11. The van der Waals surface area contributed by atoms with Crippen LogP contribution in [-0.4, -0.2) is 17.8 Å². The van der Waals surface area contributed by atoms with Gasteiger partial charge in [0.25, 0.3) is 0 Å². The lowest BCUT2D eigenvalue weighted by molar-refractivity contribution is 0.137. The van der Waals surface area contributed by atoms with Gasteiger partial charge in [0.05, 0.1) is 6.61 Å². The largest absolute Gasteiger partial charge is 0.386 e. The molecule has 1 saturated heterocycles. The van der Waals surface area contributed by atoms with Crippen molar-refractivity contribution < 1.29 is 9.84 Å². The molecule has 1 aromatic rings. The number of epoxide rings is 1. The van der Waals surface area contributed by atoms with E-state index in [0.29, 0.717) is 6.61 Å². The predicted molar refractivity (Wildman–Crippen MR) is 48.8 cm³/mol. The van der Waals surface area contributed by atoms with Gasteiger partial charge in [0.1, 0.15) is 12.2 Å². The number of aliphatic hydroxyl groups excluding tert-OH is 1. The maximum atomic E-state index is 9.61. The van der Waals surface area contributed by atoms with Crippen LogP contribution in [0.2, 0.25) is 0 Å². The molecular weight excluding hydrogens is 220 g/mol. The average molecular weight is 229 g/mol. The van der Waals surface area contributed by atoms with Gasteiger partial charge in [-0.2, -0.15) is 0 Å². The van der Waals surface area contributed by atoms with Gasteiger partial charge in [-0.25, -0.2) is 0 Å². The highest BCUT2D eigenvalue weighted by Gasteiger charge is 2.32. The summed E-state index contributed by atoms with van der Waals surface area (Å²) in [7, 11) is 0. The Morgan fingerprint density at radius 3 is 2.50 bits per heavy atom. The molecule has 3 heteroatoms. The molecule has 12 heavy (non-hydrogen) atoms. The Labute approximate surface area is 79.3 Å². The molecule has 1 aromatic carbocycles. The van der Waals surface area contributed by atoms with Crippen molar-refractivity contribution in [3.63, 3.8) is 0 Å². The van der Waals surface area contributed by atoms with E-state index >= 15 is 0 Å². The molecule has 0 amide bonds. The van der Waals surface area contributed by atoms with Crippen molar-refractivity contribution in [1.29, 1.82) is 0 Å². The number of halogens is 1. The van der Waals surface area contributed by atoms with Crippen LogP contribution in [-0.2, 0) is 4.74 Å². The van der Waals surface area contributed by atoms with Gasteiger partial charge in [0.2, 0.25) is 0 Å². The minimum absolute atomic E-state index is 0.0196. The Bertz CT molecular complexity index is 266. The Hall–Kier alpha value is -0.380. The van der Waals surface area contributed by atoms with E-state index in [4.69, 9.17) is 4.74 Å². The summed E-state index contributed by atoms with van der Waals surface area (Å²) in [5, 5.41) is 9.61. The molecule has 2 unspecified atom stereocenters. The van der Waals surface area contributed by atoms with E-state index in [0.717, 1.165) is 10.0 Å². The lowest BCUT2D eigenvalue weighted by Crippen LogP contribution is -2.04. The Morgan fingerprint density at radius 1 is 1.42 bits per heavy atom. The molecule has 0 aliphatic carbocycles. The molecule has 0 saturated carbocycles. The van der Waals surface area contributed by atoms with Gasteiger partial charge in [0, 0.05) is 4.47 Å². The summed E-state index contributed by atoms with van der Waals surface area (Å²) in [5.41, 5.74) is 0.917. The first kappa shape index (κ1) is 8.23. The highest BCUT2D eigenvalue weighted by atomic mass is 79.9. The number of benzene rings is 1. The summed E-state index contributed by atoms with van der Waals surface area (Å²) in [6.45, 7) is 0.678. The zero-order valence-corrected chi connectivity index (χ0v) is 7.99. The first-order valence-corrected chi connectivity index (χ1v) is 4.62. The molecule has 2 rings (SSSR count). The molecule has 1 fully saturated rings. The molecule has 0 radical (unpaired) electrons. The standard InChI is InChI=1S/C9H9BrO2/c10-7-3-1-6(2-4-7)9(11)8-5-12-8/h1-4,8-9,11H,5H2. The number of hydrogen-bond acceptors (Lipinski definition) is 2. The molecule has 0 bridgehead atoms. The lowest BCUT2D eigenvalue weighted by atomic mass is 10.1. The third kappa shape index (κ3) is 1.68. The quantitative estimate of drug-likeness (QED) is 0.785. The number of ether oxygens (including phenoxy) is 1. The summed E-state index contributed by atoms with van der Waals surface area (Å²) < 4.78 is 6.02. The number of aliphatic hydroxyl groups is 1. The zero-order valence-electron chi connectivity index (χ0n) is 6.40. The molecular formula is C9H9BrO2. The molecule has 0 spiro atoms. The van der Waals surface area contributed by atoms with Gasteiger partial charge in [-0.15, -0.1) is 0 Å². The molecule has 1 N–H and O–H groups in total. The average Bonchev–Trinajstić information content (AvgIpc) is 2.87. The molecule has 0 aromatic heterocycles. The molecule has 1 aliphatic heterocycles. The minimum Gasteiger partial charge on any atom is -0.386 e. The van der Waals surface area contributed by atoms with Crippen molar-refractivity contribution in [2.75, 3.05) is 6.61 Å². The van der Waals surface area contributed by atoms with Gasteiger partial charge in [0.15, 0.2) is 0 Å². The second-order valence-electron chi connectivity index (χ2n) is 2.87. The minimum atomic E-state index is -0.460. The van der Waals surface area contributed by atoms with Crippen LogP contribution in [0.1, 0.15) is 11.7 Å².